The third-order valence-corrected chi connectivity index (χ3v) is 5.55. The van der Waals surface area contributed by atoms with Crippen LogP contribution in [0.25, 0.3) is 0 Å². The first kappa shape index (κ1) is 13.9. The van der Waals surface area contributed by atoms with Crippen molar-refractivity contribution in [3.05, 3.63) is 42.0 Å². The molecule has 4 rings (SSSR count). The molecule has 1 heterocycles. The van der Waals surface area contributed by atoms with Crippen LogP contribution in [0.5, 0.6) is 0 Å². The van der Waals surface area contributed by atoms with Crippen LogP contribution in [-0.4, -0.2) is 37.0 Å². The molecular formula is C19H24N2O. The van der Waals surface area contributed by atoms with Crippen molar-refractivity contribution >= 4 is 11.6 Å². The van der Waals surface area contributed by atoms with Crippen molar-refractivity contribution in [2.75, 3.05) is 31.1 Å². The maximum absolute atomic E-state index is 12.8. The van der Waals surface area contributed by atoms with E-state index in [4.69, 9.17) is 0 Å². The number of amides is 1. The molecule has 1 saturated heterocycles. The molecule has 1 aliphatic heterocycles. The van der Waals surface area contributed by atoms with Gasteiger partial charge in [0, 0.05) is 37.8 Å². The van der Waals surface area contributed by atoms with Crippen molar-refractivity contribution in [3.63, 3.8) is 0 Å². The summed E-state index contributed by atoms with van der Waals surface area (Å²) in [7, 11) is 0. The number of rotatable bonds is 2. The number of fused-ring (bicyclic) bond motifs is 2. The molecule has 2 aliphatic carbocycles. The molecule has 3 nitrogen and oxygen atoms in total. The molecule has 1 aromatic rings. The molecule has 0 N–H and O–H groups in total. The van der Waals surface area contributed by atoms with E-state index in [1.54, 1.807) is 0 Å². The zero-order valence-corrected chi connectivity index (χ0v) is 13.2. The molecule has 3 atom stereocenters. The highest BCUT2D eigenvalue weighted by atomic mass is 16.2. The molecule has 22 heavy (non-hydrogen) atoms. The van der Waals surface area contributed by atoms with Gasteiger partial charge in [-0.15, -0.1) is 0 Å². The Morgan fingerprint density at radius 3 is 2.55 bits per heavy atom. The van der Waals surface area contributed by atoms with Gasteiger partial charge in [0.2, 0.25) is 5.91 Å². The van der Waals surface area contributed by atoms with Crippen molar-refractivity contribution in [1.29, 1.82) is 0 Å². The smallest absolute Gasteiger partial charge is 0.226 e. The van der Waals surface area contributed by atoms with Crippen LogP contribution in [0.1, 0.15) is 18.4 Å². The van der Waals surface area contributed by atoms with Crippen molar-refractivity contribution in [2.24, 2.45) is 17.8 Å². The highest BCUT2D eigenvalue weighted by molar-refractivity contribution is 5.80. The number of aryl methyl sites for hydroxylation is 1. The van der Waals surface area contributed by atoms with Gasteiger partial charge in [0.05, 0.1) is 0 Å². The van der Waals surface area contributed by atoms with Crippen molar-refractivity contribution in [2.45, 2.75) is 19.8 Å². The summed E-state index contributed by atoms with van der Waals surface area (Å²) in [6.07, 6.45) is 6.88. The number of carbonyl (C=O) groups is 1. The molecule has 0 unspecified atom stereocenters. The van der Waals surface area contributed by atoms with Crippen LogP contribution < -0.4 is 4.90 Å². The molecule has 2 fully saturated rings. The average Bonchev–Trinajstić information content (AvgIpc) is 3.17. The molecule has 1 amide bonds. The van der Waals surface area contributed by atoms with Gasteiger partial charge in [-0.1, -0.05) is 24.3 Å². The van der Waals surface area contributed by atoms with E-state index >= 15 is 0 Å². The van der Waals surface area contributed by atoms with E-state index < -0.39 is 0 Å². The molecule has 2 bridgehead atoms. The number of carbonyl (C=O) groups excluding carboxylic acids is 1. The molecule has 116 valence electrons. The number of hydrogen-bond acceptors (Lipinski definition) is 2. The highest BCUT2D eigenvalue weighted by Crippen LogP contribution is 2.44. The molecule has 0 aromatic heterocycles. The first-order valence-electron chi connectivity index (χ1n) is 8.49. The summed E-state index contributed by atoms with van der Waals surface area (Å²) in [5, 5.41) is 0. The SMILES string of the molecule is Cc1cccc(N2CCN(C(=O)[C@H]3C[C@H]4C=C[C@H]3C4)CC2)c1. The second-order valence-corrected chi connectivity index (χ2v) is 7.04. The average molecular weight is 296 g/mol. The topological polar surface area (TPSA) is 23.6 Å². The Balaban J connectivity index is 1.38. The number of anilines is 1. The second-order valence-electron chi connectivity index (χ2n) is 7.04. The van der Waals surface area contributed by atoms with Crippen LogP contribution in [0.2, 0.25) is 0 Å². The summed E-state index contributed by atoms with van der Waals surface area (Å²) in [6, 6.07) is 8.65. The quantitative estimate of drug-likeness (QED) is 0.784. The predicted molar refractivity (Wildman–Crippen MR) is 88.8 cm³/mol. The van der Waals surface area contributed by atoms with Gasteiger partial charge in [-0.25, -0.2) is 0 Å². The molecule has 1 aromatic carbocycles. The lowest BCUT2D eigenvalue weighted by atomic mass is 9.92. The van der Waals surface area contributed by atoms with Crippen LogP contribution in [0.15, 0.2) is 36.4 Å². The molecule has 3 aliphatic rings. The van der Waals surface area contributed by atoms with Crippen LogP contribution in [-0.2, 0) is 4.79 Å². The van der Waals surface area contributed by atoms with E-state index in [0.717, 1.165) is 32.6 Å². The van der Waals surface area contributed by atoms with E-state index in [1.807, 2.05) is 0 Å². The second kappa shape index (κ2) is 5.45. The van der Waals surface area contributed by atoms with Crippen molar-refractivity contribution < 1.29 is 4.79 Å². The summed E-state index contributed by atoms with van der Waals surface area (Å²) < 4.78 is 0. The molecule has 0 spiro atoms. The van der Waals surface area contributed by atoms with Crippen LogP contribution in [0, 0.1) is 24.7 Å². The Bertz CT molecular complexity index is 601. The summed E-state index contributed by atoms with van der Waals surface area (Å²) in [4.78, 5) is 17.3. The maximum atomic E-state index is 12.8. The van der Waals surface area contributed by atoms with Gasteiger partial charge in [0.1, 0.15) is 0 Å². The Labute approximate surface area is 132 Å². The van der Waals surface area contributed by atoms with Gasteiger partial charge in [-0.3, -0.25) is 4.79 Å². The summed E-state index contributed by atoms with van der Waals surface area (Å²) in [6.45, 7) is 5.76. The fourth-order valence-corrected chi connectivity index (χ4v) is 4.31. The Hall–Kier alpha value is -1.77. The number of piperazine rings is 1. The predicted octanol–water partition coefficient (Wildman–Crippen LogP) is 2.86. The van der Waals surface area contributed by atoms with Gasteiger partial charge in [-0.2, -0.15) is 0 Å². The Kier molecular flexibility index (Phi) is 3.44. The number of allylic oxidation sites excluding steroid dienone is 2. The lowest BCUT2D eigenvalue weighted by molar-refractivity contribution is -0.136. The van der Waals surface area contributed by atoms with Crippen LogP contribution >= 0.6 is 0 Å². The molecule has 3 heteroatoms. The largest absolute Gasteiger partial charge is 0.368 e. The normalized spacial score (nSPS) is 30.1. The third kappa shape index (κ3) is 2.43. The lowest BCUT2D eigenvalue weighted by Crippen LogP contribution is -2.50. The van der Waals surface area contributed by atoms with Gasteiger partial charge < -0.3 is 9.80 Å². The summed E-state index contributed by atoms with van der Waals surface area (Å²) in [5.41, 5.74) is 2.58. The number of nitrogens with zero attached hydrogens (tertiary/aromatic N) is 2. The summed E-state index contributed by atoms with van der Waals surface area (Å²) >= 11 is 0. The fourth-order valence-electron chi connectivity index (χ4n) is 4.31. The van der Waals surface area contributed by atoms with Gasteiger partial charge in [0.15, 0.2) is 0 Å². The van der Waals surface area contributed by atoms with E-state index in [0.29, 0.717) is 17.7 Å². The monoisotopic (exact) mass is 296 g/mol. The molecule has 1 saturated carbocycles. The molecular weight excluding hydrogens is 272 g/mol. The van der Waals surface area contributed by atoms with Gasteiger partial charge in [-0.05, 0) is 49.3 Å². The lowest BCUT2D eigenvalue weighted by Gasteiger charge is -2.38. The van der Waals surface area contributed by atoms with Crippen molar-refractivity contribution in [3.8, 4) is 0 Å². The van der Waals surface area contributed by atoms with Crippen molar-refractivity contribution in [1.82, 2.24) is 4.90 Å². The maximum Gasteiger partial charge on any atom is 0.226 e. The van der Waals surface area contributed by atoms with Crippen LogP contribution in [0.4, 0.5) is 5.69 Å². The van der Waals surface area contributed by atoms with E-state index in [2.05, 4.69) is 53.1 Å². The zero-order chi connectivity index (χ0) is 15.1. The van der Waals surface area contributed by atoms with E-state index in [-0.39, 0.29) is 5.92 Å². The Morgan fingerprint density at radius 2 is 1.91 bits per heavy atom. The van der Waals surface area contributed by atoms with E-state index in [1.165, 1.54) is 17.7 Å². The molecule has 0 radical (unpaired) electrons. The number of benzene rings is 1. The minimum Gasteiger partial charge on any atom is -0.368 e. The minimum atomic E-state index is 0.264. The number of hydrogen-bond donors (Lipinski definition) is 0. The first-order valence-corrected chi connectivity index (χ1v) is 8.49. The zero-order valence-electron chi connectivity index (χ0n) is 13.2. The minimum absolute atomic E-state index is 0.264. The van der Waals surface area contributed by atoms with Crippen LogP contribution in [0.3, 0.4) is 0 Å². The Morgan fingerprint density at radius 1 is 1.09 bits per heavy atom. The third-order valence-electron chi connectivity index (χ3n) is 5.55. The summed E-state index contributed by atoms with van der Waals surface area (Å²) in [5.74, 6) is 1.86. The van der Waals surface area contributed by atoms with Gasteiger partial charge >= 0.3 is 0 Å². The van der Waals surface area contributed by atoms with Gasteiger partial charge in [0.25, 0.3) is 0 Å². The standard InChI is InChI=1S/C19H24N2O/c1-14-3-2-4-17(11-14)20-7-9-21(10-8-20)19(22)18-13-15-5-6-16(18)12-15/h2-6,11,15-16,18H,7-10,12-13H2,1H3/t15-,16-,18-/m0/s1. The van der Waals surface area contributed by atoms with E-state index in [9.17, 15) is 4.79 Å². The fraction of sp³-hybridized carbons (Fsp3) is 0.526. The highest BCUT2D eigenvalue weighted by Gasteiger charge is 2.41. The first-order chi connectivity index (χ1) is 10.7.